The highest BCUT2D eigenvalue weighted by molar-refractivity contribution is 5.96. The summed E-state index contributed by atoms with van der Waals surface area (Å²) in [6.07, 6.45) is 0. The highest BCUT2D eigenvalue weighted by Crippen LogP contribution is 2.18. The zero-order valence-corrected chi connectivity index (χ0v) is 9.28. The monoisotopic (exact) mass is 208 g/mol. The zero-order chi connectivity index (χ0) is 11.5. The summed E-state index contributed by atoms with van der Waals surface area (Å²) in [5.74, 6) is 0.439. The lowest BCUT2D eigenvalue weighted by molar-refractivity contribution is 0.0903. The Balaban J connectivity index is 2.77. The van der Waals surface area contributed by atoms with Gasteiger partial charge >= 0.3 is 0 Å². The molecule has 1 aromatic carbocycles. The summed E-state index contributed by atoms with van der Waals surface area (Å²) >= 11 is 0. The van der Waals surface area contributed by atoms with Gasteiger partial charge in [-0.2, -0.15) is 0 Å². The van der Waals surface area contributed by atoms with E-state index in [4.69, 9.17) is 9.84 Å². The Hall–Kier alpha value is -1.35. The third-order valence-corrected chi connectivity index (χ3v) is 1.74. The number of aliphatic hydroxyl groups excluding tert-OH is 1. The van der Waals surface area contributed by atoms with Crippen LogP contribution in [0.4, 0.5) is 0 Å². The van der Waals surface area contributed by atoms with Crippen molar-refractivity contribution in [1.29, 1.82) is 0 Å². The topological polar surface area (TPSA) is 46.5 Å². The highest BCUT2D eigenvalue weighted by atomic mass is 16.5. The van der Waals surface area contributed by atoms with Crippen molar-refractivity contribution >= 4 is 5.78 Å². The molecule has 0 aromatic heterocycles. The zero-order valence-electron chi connectivity index (χ0n) is 9.28. The molecule has 0 aliphatic carbocycles. The number of benzene rings is 1. The minimum atomic E-state index is -0.459. The molecule has 82 valence electrons. The minimum Gasteiger partial charge on any atom is -0.488 e. The summed E-state index contributed by atoms with van der Waals surface area (Å²) in [6.45, 7) is 5.42. The molecule has 15 heavy (non-hydrogen) atoms. The van der Waals surface area contributed by atoms with Gasteiger partial charge in [-0.1, -0.05) is 0 Å². The molecule has 0 aliphatic rings. The van der Waals surface area contributed by atoms with Crippen LogP contribution in [0.25, 0.3) is 0 Å². The molecule has 3 nitrogen and oxygen atoms in total. The number of carbonyl (C=O) groups excluding carboxylic acids is 1. The Kier molecular flexibility index (Phi) is 3.48. The molecule has 0 amide bonds. The number of ether oxygens (including phenoxy) is 1. The van der Waals surface area contributed by atoms with Crippen LogP contribution in [-0.4, -0.2) is 23.1 Å². The van der Waals surface area contributed by atoms with Crippen molar-refractivity contribution in [2.45, 2.75) is 26.4 Å². The molecule has 0 atom stereocenters. The van der Waals surface area contributed by atoms with Gasteiger partial charge in [-0.3, -0.25) is 4.79 Å². The number of carbonyl (C=O) groups is 1. The first-order valence-electron chi connectivity index (χ1n) is 4.85. The summed E-state index contributed by atoms with van der Waals surface area (Å²) in [4.78, 5) is 11.1. The predicted molar refractivity (Wildman–Crippen MR) is 58.2 cm³/mol. The molecule has 1 rings (SSSR count). The SMILES string of the molecule is CC(C)(C)Oc1ccc(C(=O)CO)cc1. The van der Waals surface area contributed by atoms with E-state index in [-0.39, 0.29) is 11.4 Å². The number of Topliss-reactive ketones (excluding diaryl/α,β-unsaturated/α-hetero) is 1. The van der Waals surface area contributed by atoms with Crippen molar-refractivity contribution in [3.05, 3.63) is 29.8 Å². The fourth-order valence-electron chi connectivity index (χ4n) is 1.15. The summed E-state index contributed by atoms with van der Waals surface area (Å²) < 4.78 is 5.60. The second kappa shape index (κ2) is 4.45. The summed E-state index contributed by atoms with van der Waals surface area (Å²) in [5, 5.41) is 8.66. The van der Waals surface area contributed by atoms with Crippen molar-refractivity contribution in [2.75, 3.05) is 6.61 Å². The third kappa shape index (κ3) is 3.72. The van der Waals surface area contributed by atoms with Crippen molar-refractivity contribution in [3.63, 3.8) is 0 Å². The van der Waals surface area contributed by atoms with Crippen LogP contribution in [-0.2, 0) is 0 Å². The van der Waals surface area contributed by atoms with Crippen molar-refractivity contribution in [2.24, 2.45) is 0 Å². The van der Waals surface area contributed by atoms with E-state index in [1.165, 1.54) is 0 Å². The predicted octanol–water partition coefficient (Wildman–Crippen LogP) is 2.04. The molecule has 1 N–H and O–H groups in total. The van der Waals surface area contributed by atoms with E-state index in [9.17, 15) is 4.79 Å². The molecule has 1 aromatic rings. The highest BCUT2D eigenvalue weighted by Gasteiger charge is 2.12. The maximum absolute atomic E-state index is 11.1. The fourth-order valence-corrected chi connectivity index (χ4v) is 1.15. The lowest BCUT2D eigenvalue weighted by Crippen LogP contribution is -2.22. The van der Waals surface area contributed by atoms with Gasteiger partial charge in [0.2, 0.25) is 0 Å². The molecule has 0 saturated carbocycles. The second-order valence-electron chi connectivity index (χ2n) is 4.32. The molecule has 3 heteroatoms. The van der Waals surface area contributed by atoms with Crippen molar-refractivity contribution in [3.8, 4) is 5.75 Å². The van der Waals surface area contributed by atoms with Gasteiger partial charge in [0.1, 0.15) is 18.0 Å². The molecule has 0 heterocycles. The maximum atomic E-state index is 11.1. The Morgan fingerprint density at radius 2 is 1.80 bits per heavy atom. The number of hydrogen-bond acceptors (Lipinski definition) is 3. The first-order chi connectivity index (χ1) is 6.92. The lowest BCUT2D eigenvalue weighted by atomic mass is 10.1. The molecule has 0 aliphatic heterocycles. The fraction of sp³-hybridized carbons (Fsp3) is 0.417. The second-order valence-corrected chi connectivity index (χ2v) is 4.32. The van der Waals surface area contributed by atoms with Crippen LogP contribution in [0.3, 0.4) is 0 Å². The van der Waals surface area contributed by atoms with Gasteiger partial charge < -0.3 is 9.84 Å². The van der Waals surface area contributed by atoms with Gasteiger partial charge in [0.15, 0.2) is 5.78 Å². The Morgan fingerprint density at radius 3 is 2.20 bits per heavy atom. The van der Waals surface area contributed by atoms with E-state index < -0.39 is 6.61 Å². The standard InChI is InChI=1S/C12H16O3/c1-12(2,3)15-10-6-4-9(5-7-10)11(14)8-13/h4-7,13H,8H2,1-3H3. The van der Waals surface area contributed by atoms with Crippen LogP contribution in [0, 0.1) is 0 Å². The number of aliphatic hydroxyl groups is 1. The van der Waals surface area contributed by atoms with E-state index in [1.807, 2.05) is 20.8 Å². The van der Waals surface area contributed by atoms with Gasteiger partial charge in [-0.05, 0) is 45.0 Å². The molecule has 0 saturated heterocycles. The Bertz CT molecular complexity index is 333. The van der Waals surface area contributed by atoms with E-state index in [1.54, 1.807) is 24.3 Å². The normalized spacial score (nSPS) is 11.2. The van der Waals surface area contributed by atoms with E-state index in [0.29, 0.717) is 5.56 Å². The van der Waals surface area contributed by atoms with Gasteiger partial charge in [0.05, 0.1) is 0 Å². The Morgan fingerprint density at radius 1 is 1.27 bits per heavy atom. The largest absolute Gasteiger partial charge is 0.488 e. The number of hydrogen-bond donors (Lipinski definition) is 1. The molecule has 0 spiro atoms. The van der Waals surface area contributed by atoms with Gasteiger partial charge in [0, 0.05) is 5.56 Å². The molecule has 0 bridgehead atoms. The van der Waals surface area contributed by atoms with Gasteiger partial charge in [-0.25, -0.2) is 0 Å². The summed E-state index contributed by atoms with van der Waals surface area (Å²) in [5.41, 5.74) is 0.251. The third-order valence-electron chi connectivity index (χ3n) is 1.74. The molecule has 0 radical (unpaired) electrons. The van der Waals surface area contributed by atoms with E-state index in [2.05, 4.69) is 0 Å². The van der Waals surface area contributed by atoms with E-state index in [0.717, 1.165) is 5.75 Å². The maximum Gasteiger partial charge on any atom is 0.188 e. The smallest absolute Gasteiger partial charge is 0.188 e. The molecular weight excluding hydrogens is 192 g/mol. The lowest BCUT2D eigenvalue weighted by Gasteiger charge is -2.21. The first kappa shape index (κ1) is 11.7. The van der Waals surface area contributed by atoms with Crippen LogP contribution in [0.15, 0.2) is 24.3 Å². The van der Waals surface area contributed by atoms with Gasteiger partial charge in [-0.15, -0.1) is 0 Å². The molecule has 0 fully saturated rings. The van der Waals surface area contributed by atoms with Crippen molar-refractivity contribution < 1.29 is 14.6 Å². The van der Waals surface area contributed by atoms with Crippen LogP contribution in [0.5, 0.6) is 5.75 Å². The average molecular weight is 208 g/mol. The summed E-state index contributed by atoms with van der Waals surface area (Å²) in [7, 11) is 0. The average Bonchev–Trinajstić information content (AvgIpc) is 2.15. The van der Waals surface area contributed by atoms with Crippen LogP contribution < -0.4 is 4.74 Å². The van der Waals surface area contributed by atoms with Gasteiger partial charge in [0.25, 0.3) is 0 Å². The molecular formula is C12H16O3. The summed E-state index contributed by atoms with van der Waals surface area (Å²) in [6, 6.07) is 6.77. The van der Waals surface area contributed by atoms with E-state index >= 15 is 0 Å². The minimum absolute atomic E-state index is 0.248. The number of ketones is 1. The van der Waals surface area contributed by atoms with Crippen LogP contribution >= 0.6 is 0 Å². The van der Waals surface area contributed by atoms with Crippen LogP contribution in [0.1, 0.15) is 31.1 Å². The number of rotatable bonds is 3. The van der Waals surface area contributed by atoms with Crippen LogP contribution in [0.2, 0.25) is 0 Å². The van der Waals surface area contributed by atoms with Crippen molar-refractivity contribution in [1.82, 2.24) is 0 Å². The Labute approximate surface area is 89.7 Å². The molecule has 0 unspecified atom stereocenters. The quantitative estimate of drug-likeness (QED) is 0.773. The first-order valence-corrected chi connectivity index (χ1v) is 4.85.